The minimum Gasteiger partial charge on any atom is -0.380 e. The first kappa shape index (κ1) is 51.1. The Labute approximate surface area is 372 Å². The Morgan fingerprint density at radius 1 is 0.726 bits per heavy atom. The summed E-state index contributed by atoms with van der Waals surface area (Å²) >= 11 is -1.79. The second-order valence-corrected chi connectivity index (χ2v) is 17.2. The van der Waals surface area contributed by atoms with Crippen LogP contribution in [-0.4, -0.2) is 78.1 Å². The average Bonchev–Trinajstić information content (AvgIpc) is 4.03. The van der Waals surface area contributed by atoms with Gasteiger partial charge in [-0.25, -0.2) is 0 Å². The number of ether oxygens (including phenoxy) is 6. The van der Waals surface area contributed by atoms with Crippen LogP contribution >= 0.6 is 0 Å². The lowest BCUT2D eigenvalue weighted by molar-refractivity contribution is -0.183. The van der Waals surface area contributed by atoms with Crippen LogP contribution in [0.25, 0.3) is 0 Å². The van der Waals surface area contributed by atoms with Crippen LogP contribution in [0.2, 0.25) is 0 Å². The van der Waals surface area contributed by atoms with Gasteiger partial charge in [0.05, 0.1) is 57.8 Å². The fourth-order valence-electron chi connectivity index (χ4n) is 6.34. The molecular formula is C48H66O12S2. The van der Waals surface area contributed by atoms with Crippen LogP contribution in [0, 0.1) is 6.92 Å². The third kappa shape index (κ3) is 18.3. The lowest BCUT2D eigenvalue weighted by atomic mass is 9.99. The molecule has 2 atom stereocenters. The van der Waals surface area contributed by atoms with Crippen molar-refractivity contribution in [2.75, 3.05) is 52.9 Å². The molecule has 4 aromatic carbocycles. The van der Waals surface area contributed by atoms with Crippen molar-refractivity contribution < 1.29 is 53.6 Å². The Morgan fingerprint density at radius 2 is 1.32 bits per heavy atom. The van der Waals surface area contributed by atoms with Crippen molar-refractivity contribution in [1.29, 1.82) is 0 Å². The molecule has 62 heavy (non-hydrogen) atoms. The Balaban J connectivity index is 0.000000207. The number of hydrogen-bond donors (Lipinski definition) is 0. The van der Waals surface area contributed by atoms with E-state index >= 15 is 0 Å². The van der Waals surface area contributed by atoms with Crippen LogP contribution in [0.5, 0.6) is 5.75 Å². The summed E-state index contributed by atoms with van der Waals surface area (Å²) in [5, 5.41) is 0. The molecule has 0 aromatic heterocycles. The third-order valence-corrected chi connectivity index (χ3v) is 12.0. The molecule has 0 amide bonds. The monoisotopic (exact) mass is 898 g/mol. The fourth-order valence-corrected chi connectivity index (χ4v) is 7.80. The molecule has 7 rings (SSSR count). The predicted molar refractivity (Wildman–Crippen MR) is 240 cm³/mol. The molecule has 0 N–H and O–H groups in total. The van der Waals surface area contributed by atoms with Gasteiger partial charge in [0.25, 0.3) is 10.1 Å². The topological polar surface area (TPSA) is 134 Å². The molecule has 0 saturated carbocycles. The first-order chi connectivity index (χ1) is 30.1. The van der Waals surface area contributed by atoms with Crippen molar-refractivity contribution in [3.05, 3.63) is 131 Å². The largest absolute Gasteiger partial charge is 0.380 e. The number of benzene rings is 4. The van der Waals surface area contributed by atoms with Gasteiger partial charge < -0.3 is 32.6 Å². The smallest absolute Gasteiger partial charge is 0.360 e. The number of rotatable bonds is 17. The molecule has 2 unspecified atom stereocenters. The minimum atomic E-state index is -3.82. The highest BCUT2D eigenvalue weighted by Gasteiger charge is 2.38. The minimum absolute atomic E-state index is 0.0235. The van der Waals surface area contributed by atoms with Gasteiger partial charge in [-0.3, -0.25) is 8.37 Å². The fraction of sp³-hybridized carbons (Fsp3) is 0.500. The summed E-state index contributed by atoms with van der Waals surface area (Å²) in [6, 6.07) is 34.3. The second-order valence-electron chi connectivity index (χ2n) is 14.8. The molecule has 3 aliphatic rings. The van der Waals surface area contributed by atoms with E-state index in [0.717, 1.165) is 49.2 Å². The first-order valence-electron chi connectivity index (χ1n) is 21.7. The molecule has 0 bridgehead atoms. The van der Waals surface area contributed by atoms with Gasteiger partial charge in [-0.15, -0.1) is 0 Å². The third-order valence-electron chi connectivity index (χ3n) is 10.0. The summed E-state index contributed by atoms with van der Waals surface area (Å²) in [5.41, 5.74) is 4.54. The Hall–Kier alpha value is -3.54. The van der Waals surface area contributed by atoms with Crippen molar-refractivity contribution in [2.45, 2.75) is 109 Å². The molecule has 3 saturated heterocycles. The first-order valence-corrected chi connectivity index (χ1v) is 24.1. The highest BCUT2D eigenvalue weighted by molar-refractivity contribution is 7.86. The summed E-state index contributed by atoms with van der Waals surface area (Å²) in [7, 11) is -3.82. The van der Waals surface area contributed by atoms with Gasteiger partial charge in [0.1, 0.15) is 5.75 Å². The van der Waals surface area contributed by atoms with Crippen LogP contribution in [-0.2, 0) is 70.5 Å². The normalized spacial score (nSPS) is 17.3. The van der Waals surface area contributed by atoms with Crippen LogP contribution in [0.15, 0.2) is 114 Å². The molecule has 3 heterocycles. The molecule has 3 fully saturated rings. The van der Waals surface area contributed by atoms with E-state index in [1.807, 2.05) is 61.5 Å². The molecular weight excluding hydrogens is 833 g/mol. The zero-order chi connectivity index (χ0) is 44.5. The van der Waals surface area contributed by atoms with E-state index in [9.17, 15) is 12.6 Å². The van der Waals surface area contributed by atoms with E-state index in [-0.39, 0.29) is 30.7 Å². The van der Waals surface area contributed by atoms with E-state index in [2.05, 4.69) is 58.0 Å². The maximum Gasteiger partial charge on any atom is 0.360 e. The van der Waals surface area contributed by atoms with Crippen LogP contribution < -0.4 is 4.18 Å². The van der Waals surface area contributed by atoms with Crippen molar-refractivity contribution in [3.8, 4) is 5.75 Å². The summed E-state index contributed by atoms with van der Waals surface area (Å²) in [6.45, 7) is 14.6. The van der Waals surface area contributed by atoms with Gasteiger partial charge in [0, 0.05) is 18.4 Å². The van der Waals surface area contributed by atoms with Gasteiger partial charge in [0.15, 0.2) is 18.4 Å². The zero-order valence-electron chi connectivity index (χ0n) is 36.9. The predicted octanol–water partition coefficient (Wildman–Crippen LogP) is 9.73. The summed E-state index contributed by atoms with van der Waals surface area (Å²) in [6.07, 6.45) is 6.02. The van der Waals surface area contributed by atoms with E-state index in [1.54, 1.807) is 24.3 Å². The van der Waals surface area contributed by atoms with Crippen LogP contribution in [0.1, 0.15) is 94.4 Å². The average molecular weight is 899 g/mol. The quantitative estimate of drug-likeness (QED) is 0.0935. The van der Waals surface area contributed by atoms with E-state index in [1.165, 1.54) is 18.4 Å². The summed E-state index contributed by atoms with van der Waals surface area (Å²) < 4.78 is 84.4. The molecule has 12 nitrogen and oxygen atoms in total. The zero-order valence-corrected chi connectivity index (χ0v) is 38.6. The maximum atomic E-state index is 12.5. The van der Waals surface area contributed by atoms with Gasteiger partial charge in [0.2, 0.25) is 0 Å². The highest BCUT2D eigenvalue weighted by atomic mass is 32.2. The molecule has 0 spiro atoms. The van der Waals surface area contributed by atoms with Gasteiger partial charge in [-0.05, 0) is 73.9 Å². The second kappa shape index (κ2) is 28.3. The van der Waals surface area contributed by atoms with Crippen molar-refractivity contribution in [1.82, 2.24) is 0 Å². The molecule has 342 valence electrons. The summed E-state index contributed by atoms with van der Waals surface area (Å²) in [5.74, 6) is -0.0313. The van der Waals surface area contributed by atoms with Gasteiger partial charge >= 0.3 is 11.4 Å². The van der Waals surface area contributed by atoms with Gasteiger partial charge in [-0.1, -0.05) is 125 Å². The Kier molecular flexibility index (Phi) is 23.3. The standard InChI is InChI=1S/C21H26O5S.C13H18O5S.C9H12.C5H10O2/c1-3-17(2)18-9-11-20(12-10-18)27(22,23)26-14-13-21(24-15-16-25-21)19-7-5-4-6-8-19;1-11-3-5-12(6-4-11)18-19(14)17-10-7-13-15-8-2-9-16-13;1-2-6-9-7-4-3-5-8-9;1-2-5-6-3-4-7-5/h4-12,17H,3,13-16H2,1-2H3;3-6,13H,2,7-10H2,1H3;3-5,7-8H,2,6H2,1H3;5H,2-4H2,1H3. The van der Waals surface area contributed by atoms with E-state index < -0.39 is 27.3 Å². The van der Waals surface area contributed by atoms with E-state index in [4.69, 9.17) is 41.0 Å². The SMILES string of the molecule is CCC(C)c1ccc(S(=O)(=O)OCCC2(c3ccccc3)OCCO2)cc1.CCC1OCCO1.CCCc1ccccc1.Cc1ccc(OS(=O)OCCC2OCCCO2)cc1. The molecule has 0 aliphatic carbocycles. The molecule has 14 heteroatoms. The van der Waals surface area contributed by atoms with Gasteiger partial charge in [-0.2, -0.15) is 12.6 Å². The lowest BCUT2D eigenvalue weighted by Crippen LogP contribution is -2.29. The van der Waals surface area contributed by atoms with Crippen molar-refractivity contribution in [3.63, 3.8) is 0 Å². The van der Waals surface area contributed by atoms with Crippen LogP contribution in [0.3, 0.4) is 0 Å². The van der Waals surface area contributed by atoms with Crippen LogP contribution in [0.4, 0.5) is 0 Å². The number of hydrogen-bond acceptors (Lipinski definition) is 12. The summed E-state index contributed by atoms with van der Waals surface area (Å²) in [4.78, 5) is 0.163. The molecule has 3 aliphatic heterocycles. The molecule has 4 aromatic rings. The number of aryl methyl sites for hydroxylation is 2. The Bertz CT molecular complexity index is 1900. The van der Waals surface area contributed by atoms with Crippen molar-refractivity contribution in [2.24, 2.45) is 0 Å². The Morgan fingerprint density at radius 3 is 1.89 bits per heavy atom. The maximum absolute atomic E-state index is 12.5. The lowest BCUT2D eigenvalue weighted by Gasteiger charge is -2.27. The molecule has 0 radical (unpaired) electrons. The highest BCUT2D eigenvalue weighted by Crippen LogP contribution is 2.35. The van der Waals surface area contributed by atoms with E-state index in [0.29, 0.717) is 50.9 Å². The van der Waals surface area contributed by atoms with Crippen molar-refractivity contribution >= 4 is 21.5 Å².